The first-order valence-electron chi connectivity index (χ1n) is 7.12. The lowest BCUT2D eigenvalue weighted by Crippen LogP contribution is -2.16. The van der Waals surface area contributed by atoms with Crippen molar-refractivity contribution in [3.8, 4) is 0 Å². The Kier molecular flexibility index (Phi) is 2.93. The Labute approximate surface area is 126 Å². The number of rotatable bonds is 2. The molecular weight excluding hydrogens is 274 g/mol. The summed E-state index contributed by atoms with van der Waals surface area (Å²) < 4.78 is 0. The highest BCUT2D eigenvalue weighted by molar-refractivity contribution is 6.01. The van der Waals surface area contributed by atoms with E-state index in [1.54, 1.807) is 6.20 Å². The summed E-state index contributed by atoms with van der Waals surface area (Å²) in [4.78, 5) is 23.9. The van der Waals surface area contributed by atoms with Crippen molar-refractivity contribution in [2.75, 3.05) is 0 Å². The summed E-state index contributed by atoms with van der Waals surface area (Å²) in [5, 5.41) is 2.01. The zero-order valence-electron chi connectivity index (χ0n) is 11.8. The second-order valence-electron chi connectivity index (χ2n) is 5.22. The second-order valence-corrected chi connectivity index (χ2v) is 5.22. The molecule has 1 N–H and O–H groups in total. The smallest absolute Gasteiger partial charge is 0.271 e. The van der Waals surface area contributed by atoms with Gasteiger partial charge in [-0.25, -0.2) is 9.97 Å². The number of aromatic amines is 1. The number of hydrogen-bond donors (Lipinski definition) is 1. The van der Waals surface area contributed by atoms with Crippen molar-refractivity contribution in [2.24, 2.45) is 0 Å². The maximum Gasteiger partial charge on any atom is 0.271 e. The van der Waals surface area contributed by atoms with E-state index < -0.39 is 0 Å². The van der Waals surface area contributed by atoms with Crippen molar-refractivity contribution in [1.82, 2.24) is 15.0 Å². The first-order chi connectivity index (χ1) is 10.8. The van der Waals surface area contributed by atoms with Crippen molar-refractivity contribution >= 4 is 21.9 Å². The maximum atomic E-state index is 12.2. The molecular formula is C18H13N3O. The van der Waals surface area contributed by atoms with Crippen LogP contribution in [0.5, 0.6) is 0 Å². The Morgan fingerprint density at radius 2 is 1.73 bits per heavy atom. The highest BCUT2D eigenvalue weighted by Gasteiger charge is 2.09. The van der Waals surface area contributed by atoms with E-state index >= 15 is 0 Å². The number of hydrogen-bond acceptors (Lipinski definition) is 3. The number of nitrogens with zero attached hydrogens (tertiary/aromatic N) is 2. The average Bonchev–Trinajstić information content (AvgIpc) is 2.56. The summed E-state index contributed by atoms with van der Waals surface area (Å²) in [6.07, 6.45) is 2.27. The van der Waals surface area contributed by atoms with Gasteiger partial charge in [0.25, 0.3) is 5.56 Å². The van der Waals surface area contributed by atoms with Gasteiger partial charge in [-0.2, -0.15) is 0 Å². The number of pyridine rings is 1. The van der Waals surface area contributed by atoms with Gasteiger partial charge >= 0.3 is 0 Å². The van der Waals surface area contributed by atoms with Gasteiger partial charge in [0.1, 0.15) is 11.2 Å². The van der Waals surface area contributed by atoms with Crippen LogP contribution in [-0.4, -0.2) is 15.0 Å². The molecule has 0 fully saturated rings. The van der Waals surface area contributed by atoms with Crippen LogP contribution in [0.4, 0.5) is 0 Å². The Hall–Kier alpha value is -3.01. The standard InChI is InChI=1S/C18H13N3O/c22-18-15(10-12-6-2-1-3-7-12)20-16-14-9-5-4-8-13(14)11-19-17(16)21-18/h1-9,11H,10H2,(H,19,21,22). The van der Waals surface area contributed by atoms with Gasteiger partial charge in [0, 0.05) is 23.4 Å². The minimum absolute atomic E-state index is 0.181. The highest BCUT2D eigenvalue weighted by atomic mass is 16.1. The third-order valence-electron chi connectivity index (χ3n) is 3.73. The molecule has 0 radical (unpaired) electrons. The van der Waals surface area contributed by atoms with Crippen molar-refractivity contribution in [3.05, 3.63) is 82.4 Å². The van der Waals surface area contributed by atoms with E-state index in [1.807, 2.05) is 54.6 Å². The maximum absolute atomic E-state index is 12.2. The van der Waals surface area contributed by atoms with Crippen LogP contribution in [0.15, 0.2) is 65.6 Å². The van der Waals surface area contributed by atoms with E-state index in [0.29, 0.717) is 17.8 Å². The molecule has 2 heterocycles. The lowest BCUT2D eigenvalue weighted by Gasteiger charge is -2.05. The molecule has 0 aliphatic rings. The van der Waals surface area contributed by atoms with Gasteiger partial charge in [-0.3, -0.25) is 4.79 Å². The summed E-state index contributed by atoms with van der Waals surface area (Å²) in [6, 6.07) is 17.8. The van der Waals surface area contributed by atoms with E-state index in [2.05, 4.69) is 15.0 Å². The van der Waals surface area contributed by atoms with E-state index in [9.17, 15) is 4.79 Å². The molecule has 4 rings (SSSR count). The molecule has 0 aliphatic heterocycles. The van der Waals surface area contributed by atoms with Gasteiger partial charge in [0.2, 0.25) is 0 Å². The SMILES string of the molecule is O=c1[nH]c2ncc3ccccc3c2nc1Cc1ccccc1. The average molecular weight is 287 g/mol. The number of aromatic nitrogens is 3. The normalized spacial score (nSPS) is 11.1. The molecule has 4 nitrogen and oxygen atoms in total. The predicted octanol–water partition coefficient (Wildman–Crippen LogP) is 3.06. The fourth-order valence-electron chi connectivity index (χ4n) is 2.63. The number of nitrogens with one attached hydrogen (secondary N) is 1. The molecule has 2 aromatic carbocycles. The summed E-state index contributed by atoms with van der Waals surface area (Å²) >= 11 is 0. The second kappa shape index (κ2) is 5.07. The van der Waals surface area contributed by atoms with Crippen LogP contribution in [0.25, 0.3) is 21.9 Å². The zero-order chi connectivity index (χ0) is 14.9. The molecule has 0 amide bonds. The summed E-state index contributed by atoms with van der Waals surface area (Å²) in [5.74, 6) is 0. The molecule has 4 aromatic rings. The van der Waals surface area contributed by atoms with Crippen molar-refractivity contribution in [2.45, 2.75) is 6.42 Å². The zero-order valence-corrected chi connectivity index (χ0v) is 11.8. The molecule has 106 valence electrons. The summed E-state index contributed by atoms with van der Waals surface area (Å²) in [7, 11) is 0. The molecule has 0 saturated heterocycles. The minimum atomic E-state index is -0.181. The van der Waals surface area contributed by atoms with E-state index in [0.717, 1.165) is 21.9 Å². The Morgan fingerprint density at radius 1 is 0.955 bits per heavy atom. The van der Waals surface area contributed by atoms with Gasteiger partial charge in [-0.15, -0.1) is 0 Å². The lowest BCUT2D eigenvalue weighted by atomic mass is 10.1. The topological polar surface area (TPSA) is 58.6 Å². The minimum Gasteiger partial charge on any atom is -0.304 e. The van der Waals surface area contributed by atoms with Crippen LogP contribution < -0.4 is 5.56 Å². The Morgan fingerprint density at radius 3 is 2.59 bits per heavy atom. The van der Waals surface area contributed by atoms with Crippen LogP contribution in [0, 0.1) is 0 Å². The fraction of sp³-hybridized carbons (Fsp3) is 0.0556. The number of fused-ring (bicyclic) bond motifs is 3. The van der Waals surface area contributed by atoms with Gasteiger partial charge in [-0.05, 0) is 5.56 Å². The molecule has 4 heteroatoms. The van der Waals surface area contributed by atoms with Crippen LogP contribution in [0.2, 0.25) is 0 Å². The van der Waals surface area contributed by atoms with Gasteiger partial charge in [0.15, 0.2) is 5.65 Å². The van der Waals surface area contributed by atoms with Crippen molar-refractivity contribution in [3.63, 3.8) is 0 Å². The first-order valence-corrected chi connectivity index (χ1v) is 7.12. The summed E-state index contributed by atoms with van der Waals surface area (Å²) in [6.45, 7) is 0. The lowest BCUT2D eigenvalue weighted by molar-refractivity contribution is 1.02. The van der Waals surface area contributed by atoms with Gasteiger partial charge in [-0.1, -0.05) is 54.6 Å². The third kappa shape index (κ3) is 2.15. The summed E-state index contributed by atoms with van der Waals surface area (Å²) in [5.41, 5.74) is 2.66. The highest BCUT2D eigenvalue weighted by Crippen LogP contribution is 2.20. The fourth-order valence-corrected chi connectivity index (χ4v) is 2.63. The predicted molar refractivity (Wildman–Crippen MR) is 86.9 cm³/mol. The molecule has 0 bridgehead atoms. The van der Waals surface area contributed by atoms with E-state index in [1.165, 1.54) is 0 Å². The molecule has 2 aromatic heterocycles. The molecule has 0 unspecified atom stereocenters. The van der Waals surface area contributed by atoms with Crippen LogP contribution in [0.3, 0.4) is 0 Å². The van der Waals surface area contributed by atoms with Gasteiger partial charge in [0.05, 0.1) is 0 Å². The number of benzene rings is 2. The number of H-pyrrole nitrogens is 1. The molecule has 0 aliphatic carbocycles. The monoisotopic (exact) mass is 287 g/mol. The van der Waals surface area contributed by atoms with Crippen LogP contribution in [0.1, 0.15) is 11.3 Å². The molecule has 0 spiro atoms. The third-order valence-corrected chi connectivity index (χ3v) is 3.73. The molecule has 0 saturated carbocycles. The van der Waals surface area contributed by atoms with E-state index in [-0.39, 0.29) is 5.56 Å². The van der Waals surface area contributed by atoms with Gasteiger partial charge < -0.3 is 4.98 Å². The van der Waals surface area contributed by atoms with E-state index in [4.69, 9.17) is 0 Å². The van der Waals surface area contributed by atoms with Crippen molar-refractivity contribution < 1.29 is 0 Å². The largest absolute Gasteiger partial charge is 0.304 e. The Bertz CT molecular complexity index is 1020. The quantitative estimate of drug-likeness (QED) is 0.576. The van der Waals surface area contributed by atoms with Crippen LogP contribution >= 0.6 is 0 Å². The molecule has 22 heavy (non-hydrogen) atoms. The van der Waals surface area contributed by atoms with Crippen LogP contribution in [-0.2, 0) is 6.42 Å². The Balaban J connectivity index is 1.94. The molecule has 0 atom stereocenters. The first kappa shape index (κ1) is 12.7. The van der Waals surface area contributed by atoms with Crippen molar-refractivity contribution in [1.29, 1.82) is 0 Å².